The number of pyridine rings is 1. The van der Waals surface area contributed by atoms with E-state index in [1.807, 2.05) is 42.5 Å². The van der Waals surface area contributed by atoms with Gasteiger partial charge in [0.15, 0.2) is 5.58 Å². The summed E-state index contributed by atoms with van der Waals surface area (Å²) in [7, 11) is 0. The number of imide groups is 1. The van der Waals surface area contributed by atoms with E-state index in [0.29, 0.717) is 10.8 Å². The van der Waals surface area contributed by atoms with Crippen LogP contribution >= 0.6 is 11.8 Å². The zero-order valence-electron chi connectivity index (χ0n) is 21.4. The molecule has 5 fully saturated rings. The lowest BCUT2D eigenvalue weighted by Crippen LogP contribution is -2.48. The molecule has 4 aliphatic carbocycles. The number of carbonyl (C=O) groups is 2. The second-order valence-electron chi connectivity index (χ2n) is 11.8. The molecule has 1 aliphatic heterocycles. The van der Waals surface area contributed by atoms with Crippen LogP contribution in [0.25, 0.3) is 39.9 Å². The third-order valence-corrected chi connectivity index (χ3v) is 9.95. The van der Waals surface area contributed by atoms with Crippen LogP contribution in [0.1, 0.15) is 49.7 Å². The molecule has 6 nitrogen and oxygen atoms in total. The van der Waals surface area contributed by atoms with E-state index in [9.17, 15) is 9.59 Å². The fourth-order valence-electron chi connectivity index (χ4n) is 7.95. The highest BCUT2D eigenvalue weighted by molar-refractivity contribution is 8.18. The van der Waals surface area contributed by atoms with E-state index in [4.69, 9.17) is 14.4 Å². The Kier molecular flexibility index (Phi) is 5.14. The molecule has 4 saturated carbocycles. The predicted molar refractivity (Wildman–Crippen MR) is 152 cm³/mol. The molecule has 0 radical (unpaired) electrons. The number of nitrogens with zero attached hydrogens (tertiary/aromatic N) is 2. The van der Waals surface area contributed by atoms with Crippen LogP contribution in [0, 0.1) is 17.8 Å². The molecule has 9 rings (SSSR count). The van der Waals surface area contributed by atoms with Gasteiger partial charge in [-0.3, -0.25) is 19.9 Å². The molecule has 4 aromatic rings. The van der Waals surface area contributed by atoms with Crippen LogP contribution in [0.2, 0.25) is 0 Å². The molecule has 7 heteroatoms. The Morgan fingerprint density at radius 3 is 2.31 bits per heavy atom. The monoisotopic (exact) mass is 533 g/mol. The van der Waals surface area contributed by atoms with Crippen molar-refractivity contribution < 1.29 is 14.0 Å². The summed E-state index contributed by atoms with van der Waals surface area (Å²) in [6.45, 7) is 0. The first kappa shape index (κ1) is 23.2. The quantitative estimate of drug-likeness (QED) is 0.276. The van der Waals surface area contributed by atoms with E-state index in [1.165, 1.54) is 44.1 Å². The highest BCUT2D eigenvalue weighted by Gasteiger charge is 2.52. The minimum Gasteiger partial charge on any atom is -0.436 e. The molecule has 1 N–H and O–H groups in total. The summed E-state index contributed by atoms with van der Waals surface area (Å²) in [5, 5.41) is 1.95. The van der Waals surface area contributed by atoms with Gasteiger partial charge in [-0.2, -0.15) is 0 Å². The number of hydrogen-bond acceptors (Lipinski definition) is 6. The van der Waals surface area contributed by atoms with Crippen LogP contribution < -0.4 is 5.32 Å². The number of oxazole rings is 1. The van der Waals surface area contributed by atoms with Gasteiger partial charge in [0, 0.05) is 22.9 Å². The number of aromatic nitrogens is 2. The van der Waals surface area contributed by atoms with Crippen LogP contribution in [0.15, 0.2) is 70.1 Å². The Bertz CT molecular complexity index is 1640. The molecule has 2 aromatic heterocycles. The zero-order valence-corrected chi connectivity index (χ0v) is 22.2. The minimum absolute atomic E-state index is 0.139. The molecule has 4 bridgehead atoms. The van der Waals surface area contributed by atoms with Gasteiger partial charge < -0.3 is 4.42 Å². The van der Waals surface area contributed by atoms with Crippen LogP contribution in [-0.4, -0.2) is 21.1 Å². The largest absolute Gasteiger partial charge is 0.436 e. The van der Waals surface area contributed by atoms with Crippen molar-refractivity contribution >= 4 is 40.1 Å². The fourth-order valence-corrected chi connectivity index (χ4v) is 8.64. The van der Waals surface area contributed by atoms with E-state index in [0.717, 1.165) is 63.0 Å². The Labute approximate surface area is 230 Å². The molecule has 2 amide bonds. The van der Waals surface area contributed by atoms with Gasteiger partial charge in [-0.1, -0.05) is 24.3 Å². The van der Waals surface area contributed by atoms with Crippen LogP contribution in [-0.2, 0) is 10.2 Å². The number of thioether (sulfide) groups is 1. The van der Waals surface area contributed by atoms with E-state index in [2.05, 4.69) is 17.4 Å². The molecule has 39 heavy (non-hydrogen) atoms. The Morgan fingerprint density at radius 1 is 0.923 bits per heavy atom. The molecular formula is C32H27N3O3S. The lowest BCUT2D eigenvalue weighted by Gasteiger charge is -2.57. The molecule has 3 heterocycles. The third-order valence-electron chi connectivity index (χ3n) is 9.14. The maximum Gasteiger partial charge on any atom is 0.290 e. The molecule has 0 atom stereocenters. The number of hydrogen-bond donors (Lipinski definition) is 1. The van der Waals surface area contributed by atoms with Crippen LogP contribution in [0.4, 0.5) is 4.79 Å². The van der Waals surface area contributed by atoms with Crippen molar-refractivity contribution in [2.75, 3.05) is 0 Å². The maximum atomic E-state index is 11.9. The van der Waals surface area contributed by atoms with Crippen molar-refractivity contribution in [3.63, 3.8) is 0 Å². The molecule has 2 aromatic carbocycles. The number of carbonyl (C=O) groups excluding carboxylic acids is 2. The second kappa shape index (κ2) is 8.65. The Balaban J connectivity index is 1.24. The van der Waals surface area contributed by atoms with Gasteiger partial charge in [0.2, 0.25) is 5.89 Å². The topological polar surface area (TPSA) is 85.1 Å². The van der Waals surface area contributed by atoms with Gasteiger partial charge in [0.25, 0.3) is 11.1 Å². The van der Waals surface area contributed by atoms with Gasteiger partial charge >= 0.3 is 0 Å². The van der Waals surface area contributed by atoms with Crippen molar-refractivity contribution in [1.82, 2.24) is 15.3 Å². The minimum atomic E-state index is -0.361. The summed E-state index contributed by atoms with van der Waals surface area (Å²) in [4.78, 5) is 33.6. The second-order valence-corrected chi connectivity index (χ2v) is 12.8. The average molecular weight is 534 g/mol. The van der Waals surface area contributed by atoms with Crippen molar-refractivity contribution in [3.8, 4) is 22.7 Å². The Morgan fingerprint density at radius 2 is 1.67 bits per heavy atom. The van der Waals surface area contributed by atoms with Gasteiger partial charge in [-0.15, -0.1) is 0 Å². The summed E-state index contributed by atoms with van der Waals surface area (Å²) in [6.07, 6.45) is 11.3. The summed E-state index contributed by atoms with van der Waals surface area (Å²) in [5.41, 5.74) is 6.89. The lowest BCUT2D eigenvalue weighted by molar-refractivity contribution is -0.115. The van der Waals surface area contributed by atoms with Gasteiger partial charge in [-0.05, 0) is 115 Å². The standard InChI is InChI=1S/C32H27N3O3S/c36-29-27(39-31(37)35-29)11-18-6-7-25(33-17-18)23-12-24(32-14-19-8-20(15-32)10-21(9-19)16-32)28-26(13-23)34-30(38-28)22-4-2-1-3-5-22/h1-7,11-13,17,19-21H,8-10,14-16H2,(H,35,36,37)/b27-11+. The van der Waals surface area contributed by atoms with Crippen molar-refractivity contribution in [2.45, 2.75) is 43.9 Å². The number of fused-ring (bicyclic) bond motifs is 1. The van der Waals surface area contributed by atoms with Gasteiger partial charge in [0.1, 0.15) is 5.52 Å². The number of benzene rings is 2. The third kappa shape index (κ3) is 3.94. The van der Waals surface area contributed by atoms with Crippen LogP contribution in [0.3, 0.4) is 0 Å². The van der Waals surface area contributed by atoms with E-state index in [-0.39, 0.29) is 16.6 Å². The summed E-state index contributed by atoms with van der Waals surface area (Å²) in [5.74, 6) is 2.74. The fraction of sp³-hybridized carbons (Fsp3) is 0.312. The summed E-state index contributed by atoms with van der Waals surface area (Å²) in [6, 6.07) is 18.4. The normalized spacial score (nSPS) is 28.5. The Hall–Kier alpha value is -3.71. The van der Waals surface area contributed by atoms with Crippen molar-refractivity contribution in [3.05, 3.63) is 76.8 Å². The smallest absolute Gasteiger partial charge is 0.290 e. The molecule has 5 aliphatic rings. The average Bonchev–Trinajstić information content (AvgIpc) is 3.50. The first-order valence-electron chi connectivity index (χ1n) is 13.7. The highest BCUT2D eigenvalue weighted by atomic mass is 32.2. The van der Waals surface area contributed by atoms with Crippen molar-refractivity contribution in [2.24, 2.45) is 17.8 Å². The van der Waals surface area contributed by atoms with Gasteiger partial charge in [-0.25, -0.2) is 4.98 Å². The van der Waals surface area contributed by atoms with Crippen LogP contribution in [0.5, 0.6) is 0 Å². The first-order valence-corrected chi connectivity index (χ1v) is 14.5. The first-order chi connectivity index (χ1) is 19.0. The highest BCUT2D eigenvalue weighted by Crippen LogP contribution is 2.61. The maximum absolute atomic E-state index is 11.9. The molecule has 0 spiro atoms. The molecule has 0 unspecified atom stereocenters. The van der Waals surface area contributed by atoms with Crippen molar-refractivity contribution in [1.29, 1.82) is 0 Å². The van der Waals surface area contributed by atoms with E-state index >= 15 is 0 Å². The number of rotatable bonds is 4. The zero-order chi connectivity index (χ0) is 26.1. The molecule has 194 valence electrons. The predicted octanol–water partition coefficient (Wildman–Crippen LogP) is 7.35. The lowest BCUT2D eigenvalue weighted by atomic mass is 9.48. The number of amides is 2. The summed E-state index contributed by atoms with van der Waals surface area (Å²) < 4.78 is 6.57. The van der Waals surface area contributed by atoms with Gasteiger partial charge in [0.05, 0.1) is 10.6 Å². The molecule has 1 saturated heterocycles. The summed E-state index contributed by atoms with van der Waals surface area (Å²) >= 11 is 0.915. The number of nitrogens with one attached hydrogen (secondary N) is 1. The van der Waals surface area contributed by atoms with E-state index in [1.54, 1.807) is 12.3 Å². The molecular weight excluding hydrogens is 506 g/mol. The van der Waals surface area contributed by atoms with E-state index < -0.39 is 0 Å². The SMILES string of the molecule is O=C1NC(=O)/C(=C\c2ccc(-c3cc(C45CC6CC(CC(C6)C4)C5)c4oc(-c5ccccc5)nc4c3)nc2)S1.